The molecule has 0 fully saturated rings. The van der Waals surface area contributed by atoms with E-state index in [0.29, 0.717) is 12.5 Å². The number of halogens is 1. The molecule has 0 radical (unpaired) electrons. The molecule has 0 amide bonds. The predicted molar refractivity (Wildman–Crippen MR) is 114 cm³/mol. The smallest absolute Gasteiger partial charge is 0.310 e. The Hall–Kier alpha value is -1.51. The number of nitrogens with zero attached hydrogens (tertiary/aromatic N) is 1. The molecule has 0 spiro atoms. The Morgan fingerprint density at radius 3 is 2.77 bits per heavy atom. The van der Waals surface area contributed by atoms with Gasteiger partial charge in [0, 0.05) is 18.5 Å². The van der Waals surface area contributed by atoms with Gasteiger partial charge in [-0.2, -0.15) is 0 Å². The summed E-state index contributed by atoms with van der Waals surface area (Å²) in [4.78, 5) is 16.1. The molecule has 0 saturated carbocycles. The average molecular weight is 475 g/mol. The van der Waals surface area contributed by atoms with Crippen molar-refractivity contribution in [2.75, 3.05) is 20.2 Å². The van der Waals surface area contributed by atoms with Crippen molar-refractivity contribution >= 4 is 35.9 Å². The van der Waals surface area contributed by atoms with Crippen LogP contribution in [0.1, 0.15) is 45.7 Å². The zero-order chi connectivity index (χ0) is 18.4. The molecule has 0 saturated heterocycles. The van der Waals surface area contributed by atoms with E-state index in [4.69, 9.17) is 9.47 Å². The molecule has 2 rings (SSSR count). The molecule has 1 aromatic carbocycles. The van der Waals surface area contributed by atoms with Crippen molar-refractivity contribution in [1.82, 2.24) is 10.6 Å². The maximum atomic E-state index is 11.6. The van der Waals surface area contributed by atoms with Crippen LogP contribution in [0.15, 0.2) is 29.3 Å². The fraction of sp³-hybridized carbons (Fsp3) is 0.579. The van der Waals surface area contributed by atoms with Gasteiger partial charge in [0.15, 0.2) is 5.96 Å². The van der Waals surface area contributed by atoms with E-state index in [2.05, 4.69) is 35.5 Å². The summed E-state index contributed by atoms with van der Waals surface area (Å²) < 4.78 is 10.8. The van der Waals surface area contributed by atoms with Crippen molar-refractivity contribution in [2.45, 2.75) is 45.8 Å². The zero-order valence-electron chi connectivity index (χ0n) is 16.2. The van der Waals surface area contributed by atoms with Gasteiger partial charge in [0.25, 0.3) is 0 Å². The molecule has 6 nitrogen and oxygen atoms in total. The number of carbonyl (C=O) groups excluding carboxylic acids is 1. The van der Waals surface area contributed by atoms with Crippen LogP contribution in [0.3, 0.4) is 0 Å². The van der Waals surface area contributed by atoms with Gasteiger partial charge in [0.1, 0.15) is 11.4 Å². The number of carbonyl (C=O) groups is 1. The Morgan fingerprint density at radius 2 is 2.12 bits per heavy atom. The van der Waals surface area contributed by atoms with Crippen LogP contribution in [0.25, 0.3) is 0 Å². The number of rotatable bonds is 5. The van der Waals surface area contributed by atoms with Crippen molar-refractivity contribution in [3.05, 3.63) is 29.8 Å². The fourth-order valence-electron chi connectivity index (χ4n) is 2.92. The van der Waals surface area contributed by atoms with E-state index in [9.17, 15) is 4.79 Å². The first-order valence-corrected chi connectivity index (χ1v) is 8.77. The second-order valence-electron chi connectivity index (χ2n) is 6.94. The molecule has 2 atom stereocenters. The summed E-state index contributed by atoms with van der Waals surface area (Å²) in [5, 5.41) is 6.73. The van der Waals surface area contributed by atoms with Crippen LogP contribution in [0.2, 0.25) is 0 Å². The first kappa shape index (κ1) is 22.5. The minimum absolute atomic E-state index is 0. The largest absolute Gasteiger partial charge is 0.487 e. The quantitative estimate of drug-likeness (QED) is 0.296. The van der Waals surface area contributed by atoms with Crippen LogP contribution in [-0.2, 0) is 9.53 Å². The summed E-state index contributed by atoms with van der Waals surface area (Å²) in [6, 6.07) is 8.15. The maximum absolute atomic E-state index is 11.6. The van der Waals surface area contributed by atoms with Crippen LogP contribution in [0, 0.1) is 5.92 Å². The minimum atomic E-state index is -0.279. The Balaban J connectivity index is 0.00000338. The first-order chi connectivity index (χ1) is 11.9. The highest BCUT2D eigenvalue weighted by molar-refractivity contribution is 14.0. The molecule has 1 aliphatic heterocycles. The number of nitrogens with one attached hydrogen (secondary N) is 2. The van der Waals surface area contributed by atoms with Crippen LogP contribution in [0.5, 0.6) is 5.75 Å². The maximum Gasteiger partial charge on any atom is 0.310 e. The molecule has 0 aromatic heterocycles. The topological polar surface area (TPSA) is 72.0 Å². The van der Waals surface area contributed by atoms with Crippen molar-refractivity contribution in [3.8, 4) is 5.75 Å². The van der Waals surface area contributed by atoms with Gasteiger partial charge in [-0.3, -0.25) is 9.79 Å². The summed E-state index contributed by atoms with van der Waals surface area (Å²) >= 11 is 0. The third-order valence-electron chi connectivity index (χ3n) is 4.16. The summed E-state index contributed by atoms with van der Waals surface area (Å²) in [5.74, 6) is 1.06. The number of hydrogen-bond donors (Lipinski definition) is 2. The fourth-order valence-corrected chi connectivity index (χ4v) is 2.92. The standard InChI is InChI=1S/C19H29N3O3.HI/c1-6-20-18(21-12-13(2)17(23)24-5)22-15-11-19(3,4)25-16-10-8-7-9-14(15)16;/h7-10,13,15H,6,11-12H2,1-5H3,(H2,20,21,22);1H. The number of methoxy groups -OCH3 is 1. The highest BCUT2D eigenvalue weighted by Crippen LogP contribution is 2.39. The number of ether oxygens (including phenoxy) is 2. The monoisotopic (exact) mass is 475 g/mol. The van der Waals surface area contributed by atoms with E-state index in [0.717, 1.165) is 24.3 Å². The predicted octanol–water partition coefficient (Wildman–Crippen LogP) is 3.27. The second kappa shape index (κ2) is 9.99. The van der Waals surface area contributed by atoms with Gasteiger partial charge in [-0.25, -0.2) is 0 Å². The van der Waals surface area contributed by atoms with Gasteiger partial charge in [0.05, 0.1) is 25.6 Å². The lowest BCUT2D eigenvalue weighted by molar-refractivity contribution is -0.144. The van der Waals surface area contributed by atoms with E-state index in [1.165, 1.54) is 7.11 Å². The van der Waals surface area contributed by atoms with Crippen molar-refractivity contribution in [2.24, 2.45) is 10.9 Å². The van der Waals surface area contributed by atoms with Gasteiger partial charge in [-0.1, -0.05) is 25.1 Å². The third-order valence-corrected chi connectivity index (χ3v) is 4.16. The highest BCUT2D eigenvalue weighted by atomic mass is 127. The Kier molecular flexibility index (Phi) is 8.66. The molecule has 7 heteroatoms. The summed E-state index contributed by atoms with van der Waals surface area (Å²) in [5.41, 5.74) is 0.858. The summed E-state index contributed by atoms with van der Waals surface area (Å²) in [6.45, 7) is 9.11. The molecule has 26 heavy (non-hydrogen) atoms. The molecule has 146 valence electrons. The van der Waals surface area contributed by atoms with Crippen LogP contribution in [0.4, 0.5) is 0 Å². The molecule has 2 N–H and O–H groups in total. The number of guanidine groups is 1. The minimum Gasteiger partial charge on any atom is -0.487 e. The molecule has 0 bridgehead atoms. The van der Waals surface area contributed by atoms with Gasteiger partial charge in [0.2, 0.25) is 0 Å². The van der Waals surface area contributed by atoms with Crippen molar-refractivity contribution in [3.63, 3.8) is 0 Å². The van der Waals surface area contributed by atoms with Gasteiger partial charge < -0.3 is 20.1 Å². The number of esters is 1. The molecule has 2 unspecified atom stereocenters. The summed E-state index contributed by atoms with van der Waals surface area (Å²) in [7, 11) is 1.40. The lowest BCUT2D eigenvalue weighted by Crippen LogP contribution is -2.45. The number of benzene rings is 1. The Morgan fingerprint density at radius 1 is 1.42 bits per heavy atom. The highest BCUT2D eigenvalue weighted by Gasteiger charge is 2.34. The van der Waals surface area contributed by atoms with Crippen molar-refractivity contribution < 1.29 is 14.3 Å². The van der Waals surface area contributed by atoms with Gasteiger partial charge in [-0.15, -0.1) is 24.0 Å². The molecule has 0 aliphatic carbocycles. The van der Waals surface area contributed by atoms with Gasteiger partial charge in [-0.05, 0) is 26.8 Å². The SMILES string of the molecule is CCNC(=NCC(C)C(=O)OC)NC1CC(C)(C)Oc2ccccc21.I. The van der Waals surface area contributed by atoms with Gasteiger partial charge >= 0.3 is 5.97 Å². The molecule has 1 aliphatic rings. The third kappa shape index (κ3) is 6.03. The van der Waals surface area contributed by atoms with Crippen LogP contribution >= 0.6 is 24.0 Å². The molecular weight excluding hydrogens is 445 g/mol. The van der Waals surface area contributed by atoms with E-state index >= 15 is 0 Å². The van der Waals surface area contributed by atoms with Crippen LogP contribution in [-0.4, -0.2) is 37.7 Å². The normalized spacial score (nSPS) is 19.3. The van der Waals surface area contributed by atoms with E-state index in [-0.39, 0.29) is 47.5 Å². The molecule has 1 aromatic rings. The number of aliphatic imine (C=N–C) groups is 1. The number of fused-ring (bicyclic) bond motifs is 1. The number of hydrogen-bond acceptors (Lipinski definition) is 4. The molecule has 1 heterocycles. The Bertz CT molecular complexity index is 634. The molecular formula is C19H30IN3O3. The summed E-state index contributed by atoms with van der Waals surface area (Å²) in [6.07, 6.45) is 0.820. The number of para-hydroxylation sites is 1. The second-order valence-corrected chi connectivity index (χ2v) is 6.94. The lowest BCUT2D eigenvalue weighted by Gasteiger charge is -2.38. The van der Waals surface area contributed by atoms with Crippen LogP contribution < -0.4 is 15.4 Å². The first-order valence-electron chi connectivity index (χ1n) is 8.77. The van der Waals surface area contributed by atoms with E-state index in [1.807, 2.05) is 32.0 Å². The van der Waals surface area contributed by atoms with E-state index < -0.39 is 0 Å². The van der Waals surface area contributed by atoms with Crippen molar-refractivity contribution in [1.29, 1.82) is 0 Å². The average Bonchev–Trinajstić information content (AvgIpc) is 2.57. The Labute approximate surface area is 173 Å². The van der Waals surface area contributed by atoms with E-state index in [1.54, 1.807) is 0 Å². The zero-order valence-corrected chi connectivity index (χ0v) is 18.5. The lowest BCUT2D eigenvalue weighted by atomic mass is 9.90.